The third-order valence-electron chi connectivity index (χ3n) is 3.30. The van der Waals surface area contributed by atoms with Crippen LogP contribution in [0.3, 0.4) is 0 Å². The Kier molecular flexibility index (Phi) is 5.57. The Hall–Kier alpha value is -2.08. The van der Waals surface area contributed by atoms with Crippen LogP contribution in [-0.2, 0) is 4.79 Å². The molecule has 4 N–H and O–H groups in total. The average molecular weight is 291 g/mol. The maximum absolute atomic E-state index is 11.7. The number of hydrogen-bond acceptors (Lipinski definition) is 3. The minimum absolute atomic E-state index is 0.460. The van der Waals surface area contributed by atoms with E-state index in [1.807, 2.05) is 0 Å². The first-order valence-electron chi connectivity index (χ1n) is 7.22. The maximum atomic E-state index is 11.7. The van der Waals surface area contributed by atoms with Crippen LogP contribution in [0.1, 0.15) is 30.9 Å². The van der Waals surface area contributed by atoms with Crippen molar-refractivity contribution in [2.24, 2.45) is 0 Å². The Labute approximate surface area is 123 Å². The van der Waals surface area contributed by atoms with E-state index in [0.29, 0.717) is 18.2 Å². The fourth-order valence-corrected chi connectivity index (χ4v) is 2.00. The van der Waals surface area contributed by atoms with E-state index in [-0.39, 0.29) is 0 Å². The molecule has 0 unspecified atom stereocenters. The quantitative estimate of drug-likeness (QED) is 0.543. The van der Waals surface area contributed by atoms with E-state index in [4.69, 9.17) is 0 Å². The molecular weight excluding hydrogens is 270 g/mol. The van der Waals surface area contributed by atoms with Gasteiger partial charge in [-0.25, -0.2) is 9.59 Å². The summed E-state index contributed by atoms with van der Waals surface area (Å²) in [6.45, 7) is 1.39. The molecule has 0 heterocycles. The number of rotatable bonds is 8. The number of carboxylic acid groups (broad SMARTS) is 1. The summed E-state index contributed by atoms with van der Waals surface area (Å²) < 4.78 is 0. The zero-order valence-corrected chi connectivity index (χ0v) is 11.8. The van der Waals surface area contributed by atoms with Crippen molar-refractivity contribution in [1.82, 2.24) is 16.0 Å². The number of aliphatic carboxylic acids is 1. The molecule has 1 aromatic rings. The van der Waals surface area contributed by atoms with Crippen molar-refractivity contribution >= 4 is 12.0 Å². The Morgan fingerprint density at radius 2 is 1.90 bits per heavy atom. The van der Waals surface area contributed by atoms with Gasteiger partial charge in [-0.1, -0.05) is 30.3 Å². The molecule has 2 rings (SSSR count). The predicted molar refractivity (Wildman–Crippen MR) is 79.0 cm³/mol. The van der Waals surface area contributed by atoms with Gasteiger partial charge >= 0.3 is 12.0 Å². The van der Waals surface area contributed by atoms with Gasteiger partial charge in [0, 0.05) is 12.6 Å². The molecule has 1 aliphatic carbocycles. The van der Waals surface area contributed by atoms with Crippen LogP contribution in [0, 0.1) is 0 Å². The van der Waals surface area contributed by atoms with E-state index in [0.717, 1.165) is 13.0 Å². The Morgan fingerprint density at radius 3 is 2.52 bits per heavy atom. The van der Waals surface area contributed by atoms with Crippen molar-refractivity contribution in [3.8, 4) is 0 Å². The summed E-state index contributed by atoms with van der Waals surface area (Å²) in [6.07, 6.45) is 3.31. The zero-order chi connectivity index (χ0) is 15.1. The van der Waals surface area contributed by atoms with Crippen molar-refractivity contribution in [2.75, 3.05) is 13.1 Å². The van der Waals surface area contributed by atoms with Gasteiger partial charge in [-0.05, 0) is 31.4 Å². The van der Waals surface area contributed by atoms with Crippen molar-refractivity contribution < 1.29 is 14.7 Å². The highest BCUT2D eigenvalue weighted by atomic mass is 16.4. The molecule has 0 aliphatic heterocycles. The second-order valence-electron chi connectivity index (χ2n) is 5.16. The molecule has 1 saturated carbocycles. The van der Waals surface area contributed by atoms with E-state index in [1.54, 1.807) is 30.3 Å². The summed E-state index contributed by atoms with van der Waals surface area (Å²) in [7, 11) is 0. The summed E-state index contributed by atoms with van der Waals surface area (Å²) in [4.78, 5) is 23.0. The number of carboxylic acids is 1. The number of nitrogens with one attached hydrogen (secondary N) is 3. The Morgan fingerprint density at radius 1 is 1.19 bits per heavy atom. The smallest absolute Gasteiger partial charge is 0.330 e. The van der Waals surface area contributed by atoms with Gasteiger partial charge in [0.25, 0.3) is 0 Å². The van der Waals surface area contributed by atoms with E-state index < -0.39 is 18.0 Å². The van der Waals surface area contributed by atoms with Crippen molar-refractivity contribution in [3.63, 3.8) is 0 Å². The van der Waals surface area contributed by atoms with Gasteiger partial charge in [0.2, 0.25) is 0 Å². The second-order valence-corrected chi connectivity index (χ2v) is 5.16. The van der Waals surface area contributed by atoms with Crippen LogP contribution >= 0.6 is 0 Å². The standard InChI is InChI=1S/C15H21N3O3/c19-14(20)13(11-5-2-1-3-6-11)18-15(21)17-10-4-9-16-12-7-8-12/h1-3,5-6,12-13,16H,4,7-10H2,(H,19,20)(H2,17,18,21)/t13-/m0/s1. The zero-order valence-electron chi connectivity index (χ0n) is 11.8. The number of benzene rings is 1. The van der Waals surface area contributed by atoms with Crippen molar-refractivity contribution in [3.05, 3.63) is 35.9 Å². The Balaban J connectivity index is 1.71. The molecule has 0 spiro atoms. The molecule has 0 radical (unpaired) electrons. The van der Waals surface area contributed by atoms with Gasteiger partial charge in [0.1, 0.15) is 0 Å². The number of hydrogen-bond donors (Lipinski definition) is 4. The molecule has 0 bridgehead atoms. The van der Waals surface area contributed by atoms with Crippen molar-refractivity contribution in [1.29, 1.82) is 0 Å². The molecule has 1 atom stereocenters. The maximum Gasteiger partial charge on any atom is 0.330 e. The SMILES string of the molecule is O=C(NCCCNC1CC1)N[C@H](C(=O)O)c1ccccc1. The van der Waals surface area contributed by atoms with Crippen LogP contribution in [0.15, 0.2) is 30.3 Å². The minimum Gasteiger partial charge on any atom is -0.479 e. The third-order valence-corrected chi connectivity index (χ3v) is 3.30. The molecule has 1 aliphatic rings. The molecule has 6 heteroatoms. The lowest BCUT2D eigenvalue weighted by Gasteiger charge is -2.15. The first-order valence-corrected chi connectivity index (χ1v) is 7.22. The summed E-state index contributed by atoms with van der Waals surface area (Å²) in [5.41, 5.74) is 0.551. The van der Waals surface area contributed by atoms with Gasteiger partial charge < -0.3 is 21.1 Å². The summed E-state index contributed by atoms with van der Waals surface area (Å²) in [5.74, 6) is -1.08. The lowest BCUT2D eigenvalue weighted by molar-refractivity contribution is -0.139. The van der Waals surface area contributed by atoms with Crippen LogP contribution in [0.2, 0.25) is 0 Å². The molecular formula is C15H21N3O3. The van der Waals surface area contributed by atoms with Gasteiger partial charge in [-0.3, -0.25) is 0 Å². The third kappa shape index (κ3) is 5.43. The number of urea groups is 1. The molecule has 1 aromatic carbocycles. The molecule has 2 amide bonds. The van der Waals surface area contributed by atoms with Crippen LogP contribution in [-0.4, -0.2) is 36.2 Å². The minimum atomic E-state index is -1.08. The first-order chi connectivity index (χ1) is 10.2. The highest BCUT2D eigenvalue weighted by molar-refractivity contribution is 5.83. The Bertz CT molecular complexity index is 474. The number of carbonyl (C=O) groups excluding carboxylic acids is 1. The van der Waals surface area contributed by atoms with Crippen molar-refractivity contribution in [2.45, 2.75) is 31.3 Å². The molecule has 114 valence electrons. The van der Waals surface area contributed by atoms with E-state index >= 15 is 0 Å². The summed E-state index contributed by atoms with van der Waals surface area (Å²) >= 11 is 0. The highest BCUT2D eigenvalue weighted by Crippen LogP contribution is 2.18. The first kappa shape index (κ1) is 15.3. The fraction of sp³-hybridized carbons (Fsp3) is 0.467. The molecule has 0 saturated heterocycles. The molecule has 6 nitrogen and oxygen atoms in total. The number of amides is 2. The van der Waals surface area contributed by atoms with Gasteiger partial charge in [0.15, 0.2) is 6.04 Å². The lowest BCUT2D eigenvalue weighted by atomic mass is 10.1. The van der Waals surface area contributed by atoms with Crippen LogP contribution < -0.4 is 16.0 Å². The normalized spacial score (nSPS) is 15.2. The summed E-state index contributed by atoms with van der Waals surface area (Å²) in [6, 6.07) is 7.82. The van der Waals surface area contributed by atoms with Crippen LogP contribution in [0.5, 0.6) is 0 Å². The van der Waals surface area contributed by atoms with Crippen LogP contribution in [0.25, 0.3) is 0 Å². The molecule has 0 aromatic heterocycles. The molecule has 1 fully saturated rings. The predicted octanol–water partition coefficient (Wildman–Crippen LogP) is 1.25. The van der Waals surface area contributed by atoms with Gasteiger partial charge in [-0.15, -0.1) is 0 Å². The second kappa shape index (κ2) is 7.64. The topological polar surface area (TPSA) is 90.5 Å². The fourth-order valence-electron chi connectivity index (χ4n) is 2.00. The largest absolute Gasteiger partial charge is 0.479 e. The summed E-state index contributed by atoms with van der Waals surface area (Å²) in [5, 5.41) is 17.7. The lowest BCUT2D eigenvalue weighted by Crippen LogP contribution is -2.41. The average Bonchev–Trinajstić information content (AvgIpc) is 3.29. The number of carbonyl (C=O) groups is 2. The van der Waals surface area contributed by atoms with E-state index in [2.05, 4.69) is 16.0 Å². The molecule has 21 heavy (non-hydrogen) atoms. The van der Waals surface area contributed by atoms with E-state index in [9.17, 15) is 14.7 Å². The monoisotopic (exact) mass is 291 g/mol. The van der Waals surface area contributed by atoms with Gasteiger partial charge in [0.05, 0.1) is 0 Å². The highest BCUT2D eigenvalue weighted by Gasteiger charge is 2.22. The van der Waals surface area contributed by atoms with Crippen LogP contribution in [0.4, 0.5) is 4.79 Å². The van der Waals surface area contributed by atoms with E-state index in [1.165, 1.54) is 12.8 Å². The van der Waals surface area contributed by atoms with Gasteiger partial charge in [-0.2, -0.15) is 0 Å².